The Morgan fingerprint density at radius 1 is 1.40 bits per heavy atom. The molecule has 0 aliphatic carbocycles. The molecule has 0 aromatic carbocycles. The zero-order valence-electron chi connectivity index (χ0n) is 10.00. The Morgan fingerprint density at radius 3 is 2.80 bits per heavy atom. The van der Waals surface area contributed by atoms with Gasteiger partial charge in [0.25, 0.3) is 0 Å². The molecule has 0 saturated carbocycles. The van der Waals surface area contributed by atoms with Crippen LogP contribution in [0.15, 0.2) is 0 Å². The summed E-state index contributed by atoms with van der Waals surface area (Å²) in [6, 6.07) is 0. The van der Waals surface area contributed by atoms with E-state index in [9.17, 15) is 0 Å². The number of aliphatic hydroxyl groups is 1. The van der Waals surface area contributed by atoms with Crippen molar-refractivity contribution in [2.75, 3.05) is 19.8 Å². The second-order valence-corrected chi connectivity index (χ2v) is 5.09. The van der Waals surface area contributed by atoms with Crippen LogP contribution in [0.2, 0.25) is 0 Å². The fourth-order valence-corrected chi connectivity index (χ4v) is 1.69. The topological polar surface area (TPSA) is 38.7 Å². The van der Waals surface area contributed by atoms with Crippen LogP contribution < -0.4 is 0 Å². The molecule has 0 bridgehead atoms. The summed E-state index contributed by atoms with van der Waals surface area (Å²) >= 11 is 0. The van der Waals surface area contributed by atoms with Gasteiger partial charge in [-0.2, -0.15) is 0 Å². The minimum Gasteiger partial charge on any atom is -0.396 e. The first-order valence-corrected chi connectivity index (χ1v) is 5.98. The first kappa shape index (κ1) is 12.9. The van der Waals surface area contributed by atoms with Crippen LogP contribution in [0.5, 0.6) is 0 Å². The van der Waals surface area contributed by atoms with Gasteiger partial charge in [-0.15, -0.1) is 0 Å². The van der Waals surface area contributed by atoms with Gasteiger partial charge in [-0.25, -0.2) is 0 Å². The summed E-state index contributed by atoms with van der Waals surface area (Å²) in [5.74, 6) is 0. The molecule has 15 heavy (non-hydrogen) atoms. The number of ether oxygens (including phenoxy) is 2. The Balaban J connectivity index is 2.00. The highest BCUT2D eigenvalue weighted by molar-refractivity contribution is 4.66. The Bertz CT molecular complexity index is 162. The number of rotatable bonds is 6. The van der Waals surface area contributed by atoms with Crippen molar-refractivity contribution in [1.82, 2.24) is 0 Å². The van der Waals surface area contributed by atoms with Gasteiger partial charge < -0.3 is 14.6 Å². The Kier molecular flexibility index (Phi) is 5.58. The summed E-state index contributed by atoms with van der Waals surface area (Å²) in [6.45, 7) is 5.97. The van der Waals surface area contributed by atoms with E-state index in [1.807, 2.05) is 0 Å². The lowest BCUT2D eigenvalue weighted by atomic mass is 9.89. The molecule has 0 aromatic heterocycles. The van der Waals surface area contributed by atoms with E-state index in [2.05, 4.69) is 13.8 Å². The summed E-state index contributed by atoms with van der Waals surface area (Å²) in [4.78, 5) is 0. The van der Waals surface area contributed by atoms with Gasteiger partial charge in [-0.05, 0) is 37.5 Å². The molecule has 90 valence electrons. The highest BCUT2D eigenvalue weighted by Gasteiger charge is 2.17. The van der Waals surface area contributed by atoms with Gasteiger partial charge in [0.05, 0.1) is 0 Å². The van der Waals surface area contributed by atoms with E-state index in [1.54, 1.807) is 0 Å². The van der Waals surface area contributed by atoms with Crippen LogP contribution in [0.3, 0.4) is 0 Å². The van der Waals surface area contributed by atoms with Crippen LogP contribution in [0.1, 0.15) is 46.0 Å². The standard InChI is InChI=1S/C12H24O3/c1-12(2,10-13)7-5-9-15-11-6-3-4-8-14-11/h11,13H,3-10H2,1-2H3. The van der Waals surface area contributed by atoms with Crippen molar-refractivity contribution in [3.8, 4) is 0 Å². The van der Waals surface area contributed by atoms with E-state index in [-0.39, 0.29) is 18.3 Å². The molecule has 0 amide bonds. The van der Waals surface area contributed by atoms with Gasteiger partial charge in [-0.3, -0.25) is 0 Å². The molecule has 1 rings (SSSR count). The lowest BCUT2D eigenvalue weighted by molar-refractivity contribution is -0.163. The number of aliphatic hydroxyl groups excluding tert-OH is 1. The average Bonchev–Trinajstić information content (AvgIpc) is 2.26. The first-order valence-electron chi connectivity index (χ1n) is 5.98. The third-order valence-corrected chi connectivity index (χ3v) is 2.87. The molecule has 1 N–H and O–H groups in total. The Labute approximate surface area is 92.8 Å². The zero-order valence-corrected chi connectivity index (χ0v) is 10.00. The van der Waals surface area contributed by atoms with E-state index in [0.717, 1.165) is 38.9 Å². The summed E-state index contributed by atoms with van der Waals surface area (Å²) in [6.07, 6.45) is 5.42. The van der Waals surface area contributed by atoms with Crippen molar-refractivity contribution in [2.24, 2.45) is 5.41 Å². The maximum atomic E-state index is 9.08. The minimum atomic E-state index is 0.0241. The van der Waals surface area contributed by atoms with Gasteiger partial charge in [0.15, 0.2) is 6.29 Å². The number of hydrogen-bond acceptors (Lipinski definition) is 3. The van der Waals surface area contributed by atoms with Crippen LogP contribution >= 0.6 is 0 Å². The Morgan fingerprint density at radius 2 is 2.20 bits per heavy atom. The molecule has 3 heteroatoms. The van der Waals surface area contributed by atoms with Crippen molar-refractivity contribution in [3.63, 3.8) is 0 Å². The normalized spacial score (nSPS) is 23.0. The van der Waals surface area contributed by atoms with E-state index < -0.39 is 0 Å². The van der Waals surface area contributed by atoms with Gasteiger partial charge >= 0.3 is 0 Å². The molecule has 1 unspecified atom stereocenters. The summed E-state index contributed by atoms with van der Waals surface area (Å²) < 4.78 is 11.1. The molecule has 1 saturated heterocycles. The highest BCUT2D eigenvalue weighted by Crippen LogP contribution is 2.21. The van der Waals surface area contributed by atoms with Crippen LogP contribution in [0, 0.1) is 5.41 Å². The lowest BCUT2D eigenvalue weighted by Gasteiger charge is -2.24. The molecule has 3 nitrogen and oxygen atoms in total. The third kappa shape index (κ3) is 5.50. The van der Waals surface area contributed by atoms with Gasteiger partial charge in [0.2, 0.25) is 0 Å². The minimum absolute atomic E-state index is 0.0241. The molecule has 0 radical (unpaired) electrons. The van der Waals surface area contributed by atoms with Crippen LogP contribution in [-0.4, -0.2) is 31.2 Å². The average molecular weight is 216 g/mol. The monoisotopic (exact) mass is 216 g/mol. The number of hydrogen-bond donors (Lipinski definition) is 1. The molecule has 1 fully saturated rings. The second kappa shape index (κ2) is 6.46. The van der Waals surface area contributed by atoms with Crippen LogP contribution in [0.4, 0.5) is 0 Å². The van der Waals surface area contributed by atoms with Crippen molar-refractivity contribution < 1.29 is 14.6 Å². The van der Waals surface area contributed by atoms with Crippen molar-refractivity contribution >= 4 is 0 Å². The SMILES string of the molecule is CC(C)(CO)CCCOC1CCCCO1. The molecular formula is C12H24O3. The largest absolute Gasteiger partial charge is 0.396 e. The predicted octanol–water partition coefficient (Wildman–Crippen LogP) is 2.33. The molecular weight excluding hydrogens is 192 g/mol. The van der Waals surface area contributed by atoms with E-state index in [4.69, 9.17) is 14.6 Å². The van der Waals surface area contributed by atoms with Crippen molar-refractivity contribution in [1.29, 1.82) is 0 Å². The van der Waals surface area contributed by atoms with Gasteiger partial charge in [0, 0.05) is 19.8 Å². The van der Waals surface area contributed by atoms with E-state index >= 15 is 0 Å². The van der Waals surface area contributed by atoms with Gasteiger partial charge in [-0.1, -0.05) is 13.8 Å². The summed E-state index contributed by atoms with van der Waals surface area (Å²) in [5, 5.41) is 9.08. The first-order chi connectivity index (χ1) is 7.14. The summed E-state index contributed by atoms with van der Waals surface area (Å²) in [7, 11) is 0. The van der Waals surface area contributed by atoms with Crippen LogP contribution in [-0.2, 0) is 9.47 Å². The quantitative estimate of drug-likeness (QED) is 0.693. The van der Waals surface area contributed by atoms with Crippen molar-refractivity contribution in [2.45, 2.75) is 52.2 Å². The zero-order chi connectivity index (χ0) is 11.1. The lowest BCUT2D eigenvalue weighted by Crippen LogP contribution is -2.23. The maximum Gasteiger partial charge on any atom is 0.157 e. The molecule has 0 aromatic rings. The molecule has 0 spiro atoms. The molecule has 1 atom stereocenters. The third-order valence-electron chi connectivity index (χ3n) is 2.87. The molecule has 1 heterocycles. The van der Waals surface area contributed by atoms with Crippen LogP contribution in [0.25, 0.3) is 0 Å². The predicted molar refractivity (Wildman–Crippen MR) is 59.6 cm³/mol. The maximum absolute atomic E-state index is 9.08. The van der Waals surface area contributed by atoms with E-state index in [1.165, 1.54) is 6.42 Å². The fourth-order valence-electron chi connectivity index (χ4n) is 1.69. The Hall–Kier alpha value is -0.120. The smallest absolute Gasteiger partial charge is 0.157 e. The molecule has 1 aliphatic heterocycles. The van der Waals surface area contributed by atoms with Crippen molar-refractivity contribution in [3.05, 3.63) is 0 Å². The van der Waals surface area contributed by atoms with E-state index in [0.29, 0.717) is 0 Å². The second-order valence-electron chi connectivity index (χ2n) is 5.09. The highest BCUT2D eigenvalue weighted by atomic mass is 16.7. The summed E-state index contributed by atoms with van der Waals surface area (Å²) in [5.41, 5.74) is 0.0246. The fraction of sp³-hybridized carbons (Fsp3) is 1.00. The van der Waals surface area contributed by atoms with Gasteiger partial charge in [0.1, 0.15) is 0 Å². The molecule has 1 aliphatic rings.